The summed E-state index contributed by atoms with van der Waals surface area (Å²) in [6, 6.07) is 10.8. The molecule has 0 radical (unpaired) electrons. The molecule has 0 amide bonds. The van der Waals surface area contributed by atoms with E-state index in [0.29, 0.717) is 17.9 Å². The Morgan fingerprint density at radius 2 is 1.72 bits per heavy atom. The minimum Gasteiger partial charge on any atom is -0.370 e. The molecule has 0 aliphatic carbocycles. The van der Waals surface area contributed by atoms with E-state index in [1.54, 1.807) is 0 Å². The van der Waals surface area contributed by atoms with Gasteiger partial charge in [0.05, 0.1) is 5.56 Å². The number of aromatic nitrogens is 1. The topological polar surface area (TPSA) is 22.6 Å². The molecule has 0 bridgehead atoms. The Labute approximate surface area is 188 Å². The van der Waals surface area contributed by atoms with Crippen molar-refractivity contribution in [2.24, 2.45) is 0 Å². The number of nitrogens with zero attached hydrogens (tertiary/aromatic N) is 4. The van der Waals surface area contributed by atoms with Gasteiger partial charge < -0.3 is 9.80 Å². The summed E-state index contributed by atoms with van der Waals surface area (Å²) in [7, 11) is 0. The van der Waals surface area contributed by atoms with E-state index in [9.17, 15) is 13.2 Å². The summed E-state index contributed by atoms with van der Waals surface area (Å²) in [5.41, 5.74) is 3.30. The highest BCUT2D eigenvalue weighted by molar-refractivity contribution is 5.53. The molecule has 3 aliphatic heterocycles. The fourth-order valence-corrected chi connectivity index (χ4v) is 5.62. The fourth-order valence-electron chi connectivity index (χ4n) is 5.62. The van der Waals surface area contributed by atoms with E-state index in [-0.39, 0.29) is 0 Å². The van der Waals surface area contributed by atoms with Crippen molar-refractivity contribution in [3.63, 3.8) is 0 Å². The molecule has 3 aliphatic rings. The first-order valence-corrected chi connectivity index (χ1v) is 11.8. The predicted molar refractivity (Wildman–Crippen MR) is 121 cm³/mol. The van der Waals surface area contributed by atoms with Gasteiger partial charge in [-0.1, -0.05) is 6.07 Å². The maximum atomic E-state index is 12.8. The summed E-state index contributed by atoms with van der Waals surface area (Å²) < 4.78 is 38.5. The maximum absolute atomic E-state index is 12.8. The molecule has 0 saturated carbocycles. The third kappa shape index (κ3) is 4.32. The lowest BCUT2D eigenvalue weighted by molar-refractivity contribution is -0.137. The predicted octanol–water partition coefficient (Wildman–Crippen LogP) is 4.77. The Morgan fingerprint density at radius 3 is 2.41 bits per heavy atom. The van der Waals surface area contributed by atoms with Gasteiger partial charge in [-0.05, 0) is 81.0 Å². The van der Waals surface area contributed by atoms with Gasteiger partial charge in [0.15, 0.2) is 0 Å². The molecular formula is C25H31F3N4. The van der Waals surface area contributed by atoms with E-state index in [4.69, 9.17) is 0 Å². The quantitative estimate of drug-likeness (QED) is 0.680. The van der Waals surface area contributed by atoms with Crippen LogP contribution >= 0.6 is 0 Å². The van der Waals surface area contributed by atoms with Crippen LogP contribution in [0.2, 0.25) is 0 Å². The molecule has 2 aromatic rings. The van der Waals surface area contributed by atoms with Crippen molar-refractivity contribution in [2.45, 2.75) is 57.3 Å². The summed E-state index contributed by atoms with van der Waals surface area (Å²) >= 11 is 0. The molecule has 1 aromatic heterocycles. The van der Waals surface area contributed by atoms with Crippen LogP contribution in [0.15, 0.2) is 36.5 Å². The van der Waals surface area contributed by atoms with Crippen molar-refractivity contribution < 1.29 is 13.2 Å². The Morgan fingerprint density at radius 1 is 0.906 bits per heavy atom. The fraction of sp³-hybridized carbons (Fsp3) is 0.560. The van der Waals surface area contributed by atoms with E-state index in [0.717, 1.165) is 51.3 Å². The van der Waals surface area contributed by atoms with Crippen molar-refractivity contribution in [3.8, 4) is 0 Å². The standard InChI is InChI=1S/C25H31F3N4/c1-18-3-2-11-32(18)23-10-14-31(17-23)22-6-4-19-8-12-30(13-9-20(19)15-22)24-7-5-21(16-29-24)25(26,27)28/h4-7,15-16,18,23H,2-3,8-14,17H2,1H3. The minimum absolute atomic E-state index is 0.619. The van der Waals surface area contributed by atoms with Gasteiger partial charge in [0.2, 0.25) is 0 Å². The molecule has 172 valence electrons. The SMILES string of the molecule is CC1CCCN1C1CCN(c2ccc3c(c2)CCN(c2ccc(C(F)(F)F)cn2)CC3)C1. The van der Waals surface area contributed by atoms with Crippen LogP contribution in [-0.4, -0.2) is 54.7 Å². The zero-order valence-corrected chi connectivity index (χ0v) is 18.6. The number of likely N-dealkylation sites (tertiary alicyclic amines) is 1. The zero-order valence-electron chi connectivity index (χ0n) is 18.6. The van der Waals surface area contributed by atoms with Crippen molar-refractivity contribution >= 4 is 11.5 Å². The third-order valence-electron chi connectivity index (χ3n) is 7.49. The second kappa shape index (κ2) is 8.58. The van der Waals surface area contributed by atoms with Crippen LogP contribution in [0, 0.1) is 0 Å². The summed E-state index contributed by atoms with van der Waals surface area (Å²) in [4.78, 5) is 11.4. The number of hydrogen-bond acceptors (Lipinski definition) is 4. The number of fused-ring (bicyclic) bond motifs is 1. The van der Waals surface area contributed by atoms with Crippen LogP contribution in [0.5, 0.6) is 0 Å². The van der Waals surface area contributed by atoms with Gasteiger partial charge in [-0.2, -0.15) is 13.2 Å². The number of rotatable bonds is 3. The first kappa shape index (κ1) is 21.6. The minimum atomic E-state index is -4.35. The van der Waals surface area contributed by atoms with Gasteiger partial charge >= 0.3 is 6.18 Å². The van der Waals surface area contributed by atoms with Crippen LogP contribution in [0.25, 0.3) is 0 Å². The van der Waals surface area contributed by atoms with E-state index in [1.807, 2.05) is 0 Å². The second-order valence-electron chi connectivity index (χ2n) is 9.46. The molecule has 1 aromatic carbocycles. The second-order valence-corrected chi connectivity index (χ2v) is 9.46. The summed E-state index contributed by atoms with van der Waals surface area (Å²) in [5.74, 6) is 0.619. The normalized spacial score (nSPS) is 24.6. The highest BCUT2D eigenvalue weighted by Crippen LogP contribution is 2.32. The molecule has 4 heterocycles. The van der Waals surface area contributed by atoms with Gasteiger partial charge in [0.1, 0.15) is 5.82 Å². The first-order valence-electron chi connectivity index (χ1n) is 11.8. The number of halogens is 3. The number of hydrogen-bond donors (Lipinski definition) is 0. The van der Waals surface area contributed by atoms with Crippen molar-refractivity contribution in [1.29, 1.82) is 0 Å². The van der Waals surface area contributed by atoms with Crippen LogP contribution in [0.1, 0.15) is 42.9 Å². The molecule has 0 N–H and O–H groups in total. The summed E-state index contributed by atoms with van der Waals surface area (Å²) in [5, 5.41) is 0. The highest BCUT2D eigenvalue weighted by Gasteiger charge is 2.33. The number of benzene rings is 1. The Balaban J connectivity index is 1.25. The van der Waals surface area contributed by atoms with E-state index in [2.05, 4.69) is 44.8 Å². The van der Waals surface area contributed by atoms with Crippen molar-refractivity contribution in [2.75, 3.05) is 42.5 Å². The molecule has 2 saturated heterocycles. The van der Waals surface area contributed by atoms with E-state index < -0.39 is 11.7 Å². The molecule has 2 fully saturated rings. The molecule has 2 unspecified atom stereocenters. The number of anilines is 2. The van der Waals surface area contributed by atoms with Crippen LogP contribution < -0.4 is 9.80 Å². The van der Waals surface area contributed by atoms with E-state index in [1.165, 1.54) is 48.7 Å². The molecule has 0 spiro atoms. The zero-order chi connectivity index (χ0) is 22.3. The van der Waals surface area contributed by atoms with Gasteiger partial charge in [-0.25, -0.2) is 4.98 Å². The Hall–Kier alpha value is -2.28. The Bertz CT molecular complexity index is 943. The average molecular weight is 445 g/mol. The summed E-state index contributed by atoms with van der Waals surface area (Å²) in [6.45, 7) is 7.33. The molecular weight excluding hydrogens is 413 g/mol. The van der Waals surface area contributed by atoms with Gasteiger partial charge in [-0.3, -0.25) is 4.90 Å². The lowest BCUT2D eigenvalue weighted by Crippen LogP contribution is -2.39. The molecule has 32 heavy (non-hydrogen) atoms. The maximum Gasteiger partial charge on any atom is 0.417 e. The highest BCUT2D eigenvalue weighted by atomic mass is 19.4. The monoisotopic (exact) mass is 444 g/mol. The van der Waals surface area contributed by atoms with Crippen LogP contribution in [-0.2, 0) is 19.0 Å². The summed E-state index contributed by atoms with van der Waals surface area (Å²) in [6.07, 6.45) is 2.22. The average Bonchev–Trinajstić information content (AvgIpc) is 3.37. The van der Waals surface area contributed by atoms with Crippen LogP contribution in [0.3, 0.4) is 0 Å². The smallest absolute Gasteiger partial charge is 0.370 e. The molecule has 7 heteroatoms. The molecule has 5 rings (SSSR count). The third-order valence-corrected chi connectivity index (χ3v) is 7.49. The largest absolute Gasteiger partial charge is 0.417 e. The molecule has 2 atom stereocenters. The van der Waals surface area contributed by atoms with Crippen molar-refractivity contribution in [1.82, 2.24) is 9.88 Å². The first-order chi connectivity index (χ1) is 15.4. The van der Waals surface area contributed by atoms with Gasteiger partial charge in [0, 0.05) is 50.1 Å². The number of alkyl halides is 3. The van der Waals surface area contributed by atoms with Crippen LogP contribution in [0.4, 0.5) is 24.7 Å². The van der Waals surface area contributed by atoms with Crippen molar-refractivity contribution in [3.05, 3.63) is 53.2 Å². The lowest BCUT2D eigenvalue weighted by Gasteiger charge is -2.28. The molecule has 4 nitrogen and oxygen atoms in total. The van der Waals surface area contributed by atoms with Gasteiger partial charge in [0.25, 0.3) is 0 Å². The lowest BCUT2D eigenvalue weighted by atomic mass is 10.0. The Kier molecular flexibility index (Phi) is 5.78. The number of pyridine rings is 1. The van der Waals surface area contributed by atoms with Gasteiger partial charge in [-0.15, -0.1) is 0 Å². The van der Waals surface area contributed by atoms with E-state index >= 15 is 0 Å².